The summed E-state index contributed by atoms with van der Waals surface area (Å²) in [5.41, 5.74) is -1.87. The number of H-pyrrole nitrogens is 1. The third-order valence-electron chi connectivity index (χ3n) is 3.24. The van der Waals surface area contributed by atoms with Crippen LogP contribution in [-0.4, -0.2) is 59.2 Å². The fraction of sp³-hybridized carbons (Fsp3) is 0.556. The Kier molecular flexibility index (Phi) is 7.17. The number of aliphatic hydroxyl groups is 1. The lowest BCUT2D eigenvalue weighted by Crippen LogP contribution is -2.35. The first kappa shape index (κ1) is 24.2. The van der Waals surface area contributed by atoms with Gasteiger partial charge in [0.05, 0.1) is 6.61 Å². The molecule has 0 spiro atoms. The maximum atomic E-state index is 14.2. The second-order valence-electron chi connectivity index (χ2n) is 5.40. The van der Waals surface area contributed by atoms with E-state index in [9.17, 15) is 37.7 Å². The van der Waals surface area contributed by atoms with E-state index in [4.69, 9.17) is 19.4 Å². The molecule has 6 N–H and O–H groups in total. The Balaban J connectivity index is 2.06. The van der Waals surface area contributed by atoms with Gasteiger partial charge in [-0.3, -0.25) is 18.9 Å². The zero-order valence-electron chi connectivity index (χ0n) is 13.7. The largest absolute Gasteiger partial charge is 0.490 e. The Bertz CT molecular complexity index is 1000. The molecule has 0 bridgehead atoms. The van der Waals surface area contributed by atoms with E-state index in [1.165, 1.54) is 0 Å². The van der Waals surface area contributed by atoms with Gasteiger partial charge in [-0.2, -0.15) is 8.62 Å². The number of phosphoric acid groups is 3. The second kappa shape index (κ2) is 8.59. The fourth-order valence-corrected chi connectivity index (χ4v) is 5.19. The number of phosphoric ester groups is 1. The minimum absolute atomic E-state index is 0.583. The van der Waals surface area contributed by atoms with Crippen LogP contribution in [0.3, 0.4) is 0 Å². The average molecular weight is 486 g/mol. The summed E-state index contributed by atoms with van der Waals surface area (Å²) < 4.78 is 64.4. The van der Waals surface area contributed by atoms with Crippen molar-refractivity contribution in [2.75, 3.05) is 6.61 Å². The van der Waals surface area contributed by atoms with Crippen LogP contribution < -0.4 is 11.2 Å². The van der Waals surface area contributed by atoms with Crippen molar-refractivity contribution in [1.82, 2.24) is 9.55 Å². The molecule has 29 heavy (non-hydrogen) atoms. The van der Waals surface area contributed by atoms with Crippen molar-refractivity contribution in [2.24, 2.45) is 0 Å². The summed E-state index contributed by atoms with van der Waals surface area (Å²) in [5, 5.41) is 9.81. The first-order chi connectivity index (χ1) is 13.1. The summed E-state index contributed by atoms with van der Waals surface area (Å²) >= 11 is 0. The Hall–Kier alpha value is -1.06. The highest BCUT2D eigenvalue weighted by atomic mass is 31.3. The topological polar surface area (TPSA) is 244 Å². The normalized spacial score (nSPS) is 29.3. The van der Waals surface area contributed by atoms with Gasteiger partial charge in [0.2, 0.25) is 0 Å². The molecule has 3 unspecified atom stereocenters. The van der Waals surface area contributed by atoms with Gasteiger partial charge in [-0.1, -0.05) is 0 Å². The first-order valence-electron chi connectivity index (χ1n) is 7.18. The highest BCUT2D eigenvalue weighted by Crippen LogP contribution is 2.66. The maximum Gasteiger partial charge on any atom is 0.490 e. The van der Waals surface area contributed by atoms with E-state index in [2.05, 4.69) is 13.1 Å². The first-order valence-corrected chi connectivity index (χ1v) is 11.7. The predicted octanol–water partition coefficient (Wildman–Crippen LogP) is -1.52. The van der Waals surface area contributed by atoms with Gasteiger partial charge < -0.3 is 29.4 Å². The molecule has 1 aliphatic heterocycles. The monoisotopic (exact) mass is 486 g/mol. The van der Waals surface area contributed by atoms with Crippen molar-refractivity contribution in [3.05, 3.63) is 33.1 Å². The van der Waals surface area contributed by atoms with Crippen LogP contribution in [0.4, 0.5) is 4.39 Å². The lowest BCUT2D eigenvalue weighted by Gasteiger charge is -2.19. The van der Waals surface area contributed by atoms with E-state index in [0.29, 0.717) is 4.57 Å². The molecule has 0 aliphatic carbocycles. The molecule has 0 aromatic carbocycles. The van der Waals surface area contributed by atoms with Gasteiger partial charge in [-0.15, -0.1) is 0 Å². The van der Waals surface area contributed by atoms with E-state index >= 15 is 0 Å². The molecule has 166 valence electrons. The van der Waals surface area contributed by atoms with Crippen molar-refractivity contribution in [2.45, 2.75) is 24.6 Å². The van der Waals surface area contributed by atoms with Crippen LogP contribution in [0.1, 0.15) is 6.23 Å². The number of aromatic amines is 1. The summed E-state index contributed by atoms with van der Waals surface area (Å²) in [7, 11) is -16.9. The van der Waals surface area contributed by atoms with E-state index in [1.54, 1.807) is 0 Å². The van der Waals surface area contributed by atoms with Crippen molar-refractivity contribution >= 4 is 23.5 Å². The minimum Gasteiger partial charge on any atom is -0.387 e. The molecular formula is C9H14FN2O14P3. The van der Waals surface area contributed by atoms with Gasteiger partial charge in [0.15, 0.2) is 12.4 Å². The van der Waals surface area contributed by atoms with Crippen LogP contribution in [0.2, 0.25) is 0 Å². The Morgan fingerprint density at radius 1 is 1.14 bits per heavy atom. The molecule has 1 aromatic rings. The summed E-state index contributed by atoms with van der Waals surface area (Å²) in [4.78, 5) is 59.7. The smallest absolute Gasteiger partial charge is 0.387 e. The van der Waals surface area contributed by atoms with E-state index < -0.39 is 65.9 Å². The summed E-state index contributed by atoms with van der Waals surface area (Å²) in [6, 6.07) is 0.864. The van der Waals surface area contributed by atoms with Gasteiger partial charge >= 0.3 is 29.2 Å². The Morgan fingerprint density at radius 2 is 1.76 bits per heavy atom. The molecule has 1 fully saturated rings. The van der Waals surface area contributed by atoms with Gasteiger partial charge in [0, 0.05) is 12.3 Å². The molecule has 1 aliphatic rings. The summed E-state index contributed by atoms with van der Waals surface area (Å²) in [6.07, 6.45) is -6.85. The molecule has 16 nitrogen and oxygen atoms in total. The van der Waals surface area contributed by atoms with E-state index in [1.807, 2.05) is 4.98 Å². The molecule has 0 radical (unpaired) electrons. The SMILES string of the molecule is O=c1ccn([C@@H]2O[C@H](COP(=O)(O)OP(=O)(O)OP(=O)(O)O)C(O)[C@@H]2F)c(=O)[nH]1. The molecule has 0 amide bonds. The average Bonchev–Trinajstić information content (AvgIpc) is 2.78. The number of hydrogen-bond acceptors (Lipinski definition) is 10. The number of aromatic nitrogens is 2. The molecule has 6 atom stereocenters. The molecule has 2 heterocycles. The zero-order valence-corrected chi connectivity index (χ0v) is 16.4. The quantitative estimate of drug-likeness (QED) is 0.229. The standard InChI is InChI=1S/C9H14FN2O14P3/c10-6-7(14)4(24-8(6)12-2-1-5(13)11-9(12)15)3-23-28(19,20)26-29(21,22)25-27(16,17)18/h1-2,4,6-8,14H,3H2,(H,19,20)(H,21,22)(H,11,13,15)(H2,16,17,18)/t4-,6+,7?,8-/m1/s1. The summed E-state index contributed by atoms with van der Waals surface area (Å²) in [5.74, 6) is 0. The lowest BCUT2D eigenvalue weighted by atomic mass is 10.1. The molecule has 2 rings (SSSR count). The lowest BCUT2D eigenvalue weighted by molar-refractivity contribution is -0.0482. The van der Waals surface area contributed by atoms with Gasteiger partial charge in [-0.05, 0) is 0 Å². The highest BCUT2D eigenvalue weighted by molar-refractivity contribution is 7.66. The number of hydrogen-bond donors (Lipinski definition) is 6. The van der Waals surface area contributed by atoms with E-state index in [0.717, 1.165) is 12.3 Å². The minimum atomic E-state index is -5.75. The molecule has 1 aromatic heterocycles. The van der Waals surface area contributed by atoms with Gasteiger partial charge in [-0.25, -0.2) is 22.9 Å². The Morgan fingerprint density at radius 3 is 2.31 bits per heavy atom. The molecular weight excluding hydrogens is 472 g/mol. The zero-order chi connectivity index (χ0) is 22.2. The van der Waals surface area contributed by atoms with Gasteiger partial charge in [0.1, 0.15) is 12.2 Å². The molecule has 0 saturated carbocycles. The third-order valence-corrected chi connectivity index (χ3v) is 7.04. The van der Waals surface area contributed by atoms with Crippen molar-refractivity contribution in [3.63, 3.8) is 0 Å². The van der Waals surface area contributed by atoms with E-state index in [-0.39, 0.29) is 0 Å². The van der Waals surface area contributed by atoms with Crippen LogP contribution in [0, 0.1) is 0 Å². The van der Waals surface area contributed by atoms with Crippen LogP contribution in [0.15, 0.2) is 21.9 Å². The van der Waals surface area contributed by atoms with Crippen LogP contribution in [0.25, 0.3) is 0 Å². The maximum absolute atomic E-state index is 14.2. The number of nitrogens with one attached hydrogen (secondary N) is 1. The number of nitrogens with zero attached hydrogens (tertiary/aromatic N) is 1. The Labute approximate surface area is 158 Å². The number of rotatable bonds is 8. The van der Waals surface area contributed by atoms with Crippen LogP contribution >= 0.6 is 23.5 Å². The fourth-order valence-electron chi connectivity index (χ4n) is 2.16. The van der Waals surface area contributed by atoms with Crippen LogP contribution in [0.5, 0.6) is 0 Å². The highest BCUT2D eigenvalue weighted by Gasteiger charge is 2.47. The predicted molar refractivity (Wildman–Crippen MR) is 86.0 cm³/mol. The molecule has 20 heteroatoms. The van der Waals surface area contributed by atoms with Crippen LogP contribution in [-0.2, 0) is 31.6 Å². The molecule has 1 saturated heterocycles. The van der Waals surface area contributed by atoms with Crippen molar-refractivity contribution in [3.8, 4) is 0 Å². The van der Waals surface area contributed by atoms with Crippen molar-refractivity contribution < 1.29 is 60.6 Å². The van der Waals surface area contributed by atoms with Crippen molar-refractivity contribution in [1.29, 1.82) is 0 Å². The summed E-state index contributed by atoms with van der Waals surface area (Å²) in [6.45, 7) is -1.13. The number of halogens is 1. The third kappa shape index (κ3) is 6.72. The van der Waals surface area contributed by atoms with Gasteiger partial charge in [0.25, 0.3) is 5.56 Å². The second-order valence-corrected chi connectivity index (χ2v) is 9.82. The number of aliphatic hydroxyl groups excluding tert-OH is 1. The number of ether oxygens (including phenoxy) is 1. The number of alkyl halides is 1.